The van der Waals surface area contributed by atoms with Gasteiger partial charge in [-0.25, -0.2) is 14.0 Å². The van der Waals surface area contributed by atoms with Crippen LogP contribution in [0.3, 0.4) is 0 Å². The number of cyclic esters (lactones) is 1. The van der Waals surface area contributed by atoms with Gasteiger partial charge in [-0.1, -0.05) is 17.9 Å². The molecule has 11 nitrogen and oxygen atoms in total. The first-order valence-corrected chi connectivity index (χ1v) is 15.0. The molecule has 2 aliphatic rings. The first-order chi connectivity index (χ1) is 21.4. The summed E-state index contributed by atoms with van der Waals surface area (Å²) in [5.74, 6) is 5.52. The summed E-state index contributed by atoms with van der Waals surface area (Å²) in [5, 5.41) is 5.32. The number of hydrogen-bond donors (Lipinski definition) is 2. The van der Waals surface area contributed by atoms with E-state index in [0.29, 0.717) is 62.5 Å². The van der Waals surface area contributed by atoms with Crippen LogP contribution in [-0.4, -0.2) is 79.9 Å². The topological polar surface area (TPSA) is 121 Å². The van der Waals surface area contributed by atoms with E-state index >= 15 is 4.39 Å². The average Bonchev–Trinajstić information content (AvgIpc) is 3.35. The molecule has 2 fully saturated rings. The van der Waals surface area contributed by atoms with Crippen LogP contribution < -0.4 is 20.4 Å². The highest BCUT2D eigenvalue weighted by molar-refractivity contribution is 5.90. The number of anilines is 3. The number of piperazine rings is 1. The second kappa shape index (κ2) is 14.8. The molecule has 2 aliphatic heterocycles. The number of carbonyl (C=O) groups excluding carboxylic acids is 4. The minimum atomic E-state index is -0.590. The van der Waals surface area contributed by atoms with Gasteiger partial charge in [0.05, 0.1) is 24.5 Å². The highest BCUT2D eigenvalue weighted by atomic mass is 19.1. The Hall–Kier alpha value is -4.79. The molecular formula is C33H40FN5O6. The van der Waals surface area contributed by atoms with Crippen molar-refractivity contribution in [2.75, 3.05) is 54.4 Å². The van der Waals surface area contributed by atoms with E-state index in [-0.39, 0.29) is 24.9 Å². The van der Waals surface area contributed by atoms with E-state index in [1.165, 1.54) is 17.9 Å². The zero-order chi connectivity index (χ0) is 32.6. The van der Waals surface area contributed by atoms with Crippen molar-refractivity contribution in [3.05, 3.63) is 53.8 Å². The lowest BCUT2D eigenvalue weighted by Crippen LogP contribution is -2.49. The fourth-order valence-electron chi connectivity index (χ4n) is 4.96. The van der Waals surface area contributed by atoms with Crippen LogP contribution in [0.25, 0.3) is 0 Å². The van der Waals surface area contributed by atoms with Gasteiger partial charge in [-0.3, -0.25) is 19.8 Å². The van der Waals surface area contributed by atoms with E-state index in [1.54, 1.807) is 56.0 Å². The molecule has 0 saturated carbocycles. The van der Waals surface area contributed by atoms with Crippen molar-refractivity contribution >= 4 is 41.1 Å². The van der Waals surface area contributed by atoms with E-state index < -0.39 is 29.7 Å². The van der Waals surface area contributed by atoms with E-state index in [1.807, 2.05) is 11.0 Å². The molecular weight excluding hydrogens is 581 g/mol. The van der Waals surface area contributed by atoms with Crippen LogP contribution in [0.15, 0.2) is 42.5 Å². The Labute approximate surface area is 263 Å². The Morgan fingerprint density at radius 1 is 1.09 bits per heavy atom. The van der Waals surface area contributed by atoms with Crippen molar-refractivity contribution in [1.82, 2.24) is 10.2 Å². The summed E-state index contributed by atoms with van der Waals surface area (Å²) in [5.41, 5.74) is 1.54. The van der Waals surface area contributed by atoms with Crippen LogP contribution in [-0.2, 0) is 19.1 Å². The zero-order valence-corrected chi connectivity index (χ0v) is 26.2. The number of carbonyl (C=O) groups is 4. The molecule has 240 valence electrons. The summed E-state index contributed by atoms with van der Waals surface area (Å²) >= 11 is 0. The number of ether oxygens (including phenoxy) is 2. The van der Waals surface area contributed by atoms with Gasteiger partial charge in [-0.15, -0.1) is 0 Å². The van der Waals surface area contributed by atoms with Gasteiger partial charge in [-0.05, 0) is 63.6 Å². The molecule has 2 aromatic carbocycles. The third kappa shape index (κ3) is 9.86. The molecule has 2 N–H and O–H groups in total. The number of nitrogens with one attached hydrogen (secondary N) is 2. The van der Waals surface area contributed by atoms with Gasteiger partial charge in [0, 0.05) is 57.2 Å². The Morgan fingerprint density at radius 3 is 2.53 bits per heavy atom. The monoisotopic (exact) mass is 621 g/mol. The standard InChI is InChI=1S/C33H40FN5O6/c1-23(40)35-21-27-22-39(32(43)44-27)26-13-14-29(28(34)20-26)37-15-17-38(18-16-37)30(41)12-7-5-6-9-24-10-8-11-25(19-24)36-31(42)45-33(2,3)4/h8,10-11,13-14,19-20,27H,5,7,12,15-18,21-22H2,1-4H3,(H,35,40)(H,36,42)/t27-/m0/s1. The lowest BCUT2D eigenvalue weighted by Gasteiger charge is -2.36. The maximum atomic E-state index is 15.1. The molecule has 0 spiro atoms. The van der Waals surface area contributed by atoms with Crippen molar-refractivity contribution in [1.29, 1.82) is 0 Å². The zero-order valence-electron chi connectivity index (χ0n) is 26.2. The predicted molar refractivity (Wildman–Crippen MR) is 169 cm³/mol. The summed E-state index contributed by atoms with van der Waals surface area (Å²) < 4.78 is 25.7. The number of halogens is 1. The number of hydrogen-bond acceptors (Lipinski definition) is 7. The third-order valence-electron chi connectivity index (χ3n) is 7.10. The molecule has 0 radical (unpaired) electrons. The van der Waals surface area contributed by atoms with Crippen molar-refractivity contribution in [3.63, 3.8) is 0 Å². The smallest absolute Gasteiger partial charge is 0.414 e. The van der Waals surface area contributed by atoms with E-state index in [9.17, 15) is 19.2 Å². The van der Waals surface area contributed by atoms with Gasteiger partial charge in [0.2, 0.25) is 11.8 Å². The van der Waals surface area contributed by atoms with Gasteiger partial charge >= 0.3 is 12.2 Å². The van der Waals surface area contributed by atoms with Crippen LogP contribution in [0.1, 0.15) is 52.5 Å². The van der Waals surface area contributed by atoms with Crippen molar-refractivity contribution in [2.45, 2.75) is 58.7 Å². The summed E-state index contributed by atoms with van der Waals surface area (Å²) in [6.45, 7) is 9.11. The maximum Gasteiger partial charge on any atom is 0.414 e. The normalized spacial score (nSPS) is 16.4. The maximum absolute atomic E-state index is 15.1. The highest BCUT2D eigenvalue weighted by Crippen LogP contribution is 2.28. The number of amides is 4. The molecule has 2 heterocycles. The van der Waals surface area contributed by atoms with Crippen molar-refractivity contribution < 1.29 is 33.0 Å². The second-order valence-electron chi connectivity index (χ2n) is 11.9. The Bertz CT molecular complexity index is 1470. The molecule has 0 unspecified atom stereocenters. The lowest BCUT2D eigenvalue weighted by molar-refractivity contribution is -0.131. The summed E-state index contributed by atoms with van der Waals surface area (Å²) in [6, 6.07) is 11.8. The van der Waals surface area contributed by atoms with E-state index in [2.05, 4.69) is 22.5 Å². The molecule has 0 bridgehead atoms. The average molecular weight is 622 g/mol. The molecule has 0 aliphatic carbocycles. The highest BCUT2D eigenvalue weighted by Gasteiger charge is 2.33. The Morgan fingerprint density at radius 2 is 1.84 bits per heavy atom. The number of rotatable bonds is 8. The third-order valence-corrected chi connectivity index (χ3v) is 7.10. The molecule has 0 aromatic heterocycles. The molecule has 2 saturated heterocycles. The molecule has 1 atom stereocenters. The minimum Gasteiger partial charge on any atom is -0.444 e. The summed E-state index contributed by atoms with van der Waals surface area (Å²) in [6.07, 6.45) is -0.0945. The molecule has 12 heteroatoms. The van der Waals surface area contributed by atoms with Crippen LogP contribution in [0.5, 0.6) is 0 Å². The molecule has 4 amide bonds. The van der Waals surface area contributed by atoms with Gasteiger partial charge in [0.25, 0.3) is 0 Å². The van der Waals surface area contributed by atoms with Crippen molar-refractivity contribution in [2.24, 2.45) is 0 Å². The van der Waals surface area contributed by atoms with Gasteiger partial charge in [0.15, 0.2) is 0 Å². The van der Waals surface area contributed by atoms with Crippen LogP contribution in [0, 0.1) is 17.7 Å². The lowest BCUT2D eigenvalue weighted by atomic mass is 10.1. The first kappa shape index (κ1) is 33.1. The fourth-order valence-corrected chi connectivity index (χ4v) is 4.96. The largest absolute Gasteiger partial charge is 0.444 e. The quantitative estimate of drug-likeness (QED) is 0.329. The molecule has 2 aromatic rings. The SMILES string of the molecule is CC(=O)NC[C@H]1CN(c2ccc(N3CCN(C(=O)CCCC#Cc4cccc(NC(=O)OC(C)(C)C)c4)CC3)c(F)c2)C(=O)O1. The van der Waals surface area contributed by atoms with Crippen molar-refractivity contribution in [3.8, 4) is 11.8 Å². The predicted octanol–water partition coefficient (Wildman–Crippen LogP) is 4.50. The Kier molecular flexibility index (Phi) is 10.9. The van der Waals surface area contributed by atoms with Gasteiger partial charge in [-0.2, -0.15) is 0 Å². The minimum absolute atomic E-state index is 0.0391. The van der Waals surface area contributed by atoms with Gasteiger partial charge in [0.1, 0.15) is 17.5 Å². The van der Waals surface area contributed by atoms with Crippen LogP contribution in [0.2, 0.25) is 0 Å². The summed E-state index contributed by atoms with van der Waals surface area (Å²) in [7, 11) is 0. The summed E-state index contributed by atoms with van der Waals surface area (Å²) in [4.78, 5) is 53.2. The fraction of sp³-hybridized carbons (Fsp3) is 0.455. The van der Waals surface area contributed by atoms with E-state index in [0.717, 1.165) is 5.56 Å². The number of unbranched alkanes of at least 4 members (excludes halogenated alkanes) is 1. The Balaban J connectivity index is 1.20. The molecule has 4 rings (SSSR count). The first-order valence-electron chi connectivity index (χ1n) is 15.0. The van der Waals surface area contributed by atoms with Crippen LogP contribution in [0.4, 0.5) is 31.0 Å². The van der Waals surface area contributed by atoms with Crippen LogP contribution >= 0.6 is 0 Å². The second-order valence-corrected chi connectivity index (χ2v) is 11.9. The molecule has 45 heavy (non-hydrogen) atoms. The number of nitrogens with zero attached hydrogens (tertiary/aromatic N) is 3. The van der Waals surface area contributed by atoms with Gasteiger partial charge < -0.3 is 24.6 Å². The number of benzene rings is 2. The van der Waals surface area contributed by atoms with E-state index in [4.69, 9.17) is 9.47 Å².